The van der Waals surface area contributed by atoms with Gasteiger partial charge in [-0.1, -0.05) is 17.7 Å². The molecule has 1 atom stereocenters. The first-order valence-corrected chi connectivity index (χ1v) is 8.33. The van der Waals surface area contributed by atoms with Crippen molar-refractivity contribution in [2.45, 2.75) is 25.2 Å². The van der Waals surface area contributed by atoms with Gasteiger partial charge in [0.05, 0.1) is 10.7 Å². The Kier molecular flexibility index (Phi) is 3.94. The largest absolute Gasteiger partial charge is 0.330 e. The minimum atomic E-state index is 0.435. The molecule has 1 aliphatic carbocycles. The second-order valence-corrected chi connectivity index (χ2v) is 7.13. The van der Waals surface area contributed by atoms with E-state index in [4.69, 9.17) is 22.3 Å². The summed E-state index contributed by atoms with van der Waals surface area (Å²) in [5.41, 5.74) is 8.19. The maximum atomic E-state index is 6.03. The predicted octanol–water partition coefficient (Wildman–Crippen LogP) is 4.60. The first-order chi connectivity index (χ1) is 9.19. The minimum Gasteiger partial charge on any atom is -0.330 e. The summed E-state index contributed by atoms with van der Waals surface area (Å²) in [6.07, 6.45) is 3.52. The van der Waals surface area contributed by atoms with Crippen molar-refractivity contribution in [1.82, 2.24) is 4.98 Å². The molecule has 2 nitrogen and oxygen atoms in total. The van der Waals surface area contributed by atoms with Crippen molar-refractivity contribution in [3.05, 3.63) is 38.3 Å². The van der Waals surface area contributed by atoms with E-state index in [-0.39, 0.29) is 0 Å². The number of benzene rings is 1. The van der Waals surface area contributed by atoms with Gasteiger partial charge in [-0.2, -0.15) is 0 Å². The molecule has 1 aliphatic rings. The molecule has 0 fully saturated rings. The molecule has 1 aromatic heterocycles. The van der Waals surface area contributed by atoms with Crippen LogP contribution < -0.4 is 5.73 Å². The fraction of sp³-hybridized carbons (Fsp3) is 0.357. The Labute approximate surface area is 130 Å². The standard InChI is InChI=1S/C14H14BrClN2S/c15-10-6-8(4-5-11(10)16)14-18-13-9(7-17)2-1-3-12(13)19-14/h4-6,9H,1-3,7,17H2. The molecule has 2 N–H and O–H groups in total. The Bertz CT molecular complexity index is 611. The minimum absolute atomic E-state index is 0.435. The second kappa shape index (κ2) is 5.52. The van der Waals surface area contributed by atoms with Crippen LogP contribution >= 0.6 is 38.9 Å². The molecule has 0 spiro atoms. The number of nitrogens with zero attached hydrogens (tertiary/aromatic N) is 1. The number of thiazole rings is 1. The molecular formula is C14H14BrClN2S. The zero-order chi connectivity index (χ0) is 13.4. The summed E-state index contributed by atoms with van der Waals surface area (Å²) in [6, 6.07) is 5.96. The van der Waals surface area contributed by atoms with Crippen LogP contribution in [-0.4, -0.2) is 11.5 Å². The predicted molar refractivity (Wildman–Crippen MR) is 85.0 cm³/mol. The van der Waals surface area contributed by atoms with Crippen LogP contribution in [0.2, 0.25) is 5.02 Å². The van der Waals surface area contributed by atoms with Crippen molar-refractivity contribution < 1.29 is 0 Å². The zero-order valence-electron chi connectivity index (χ0n) is 10.3. The van der Waals surface area contributed by atoms with Crippen molar-refractivity contribution in [3.63, 3.8) is 0 Å². The van der Waals surface area contributed by atoms with Crippen LogP contribution in [0.5, 0.6) is 0 Å². The van der Waals surface area contributed by atoms with Crippen molar-refractivity contribution in [1.29, 1.82) is 0 Å². The second-order valence-electron chi connectivity index (χ2n) is 4.78. The topological polar surface area (TPSA) is 38.9 Å². The summed E-state index contributed by atoms with van der Waals surface area (Å²) in [4.78, 5) is 6.22. The van der Waals surface area contributed by atoms with Crippen LogP contribution in [0.25, 0.3) is 10.6 Å². The van der Waals surface area contributed by atoms with Gasteiger partial charge in [0, 0.05) is 27.4 Å². The third kappa shape index (κ3) is 2.59. The SMILES string of the molecule is NCC1CCCc2sc(-c3ccc(Cl)c(Br)c3)nc21. The molecule has 5 heteroatoms. The maximum absolute atomic E-state index is 6.03. The Morgan fingerprint density at radius 2 is 2.32 bits per heavy atom. The van der Waals surface area contributed by atoms with Crippen LogP contribution in [0.1, 0.15) is 29.3 Å². The molecule has 1 unspecified atom stereocenters. The van der Waals surface area contributed by atoms with E-state index in [0.717, 1.165) is 32.9 Å². The van der Waals surface area contributed by atoms with E-state index >= 15 is 0 Å². The summed E-state index contributed by atoms with van der Waals surface area (Å²) in [6.45, 7) is 0.695. The van der Waals surface area contributed by atoms with Crippen LogP contribution in [0.15, 0.2) is 22.7 Å². The Morgan fingerprint density at radius 1 is 1.47 bits per heavy atom. The van der Waals surface area contributed by atoms with Crippen molar-refractivity contribution in [2.24, 2.45) is 5.73 Å². The lowest BCUT2D eigenvalue weighted by atomic mass is 9.91. The molecule has 0 saturated heterocycles. The van der Waals surface area contributed by atoms with E-state index in [1.54, 1.807) is 11.3 Å². The number of halogens is 2. The molecule has 2 aromatic rings. The van der Waals surface area contributed by atoms with Gasteiger partial charge in [0.1, 0.15) is 5.01 Å². The summed E-state index contributed by atoms with van der Waals surface area (Å²) in [7, 11) is 0. The normalized spacial score (nSPS) is 18.4. The molecule has 1 aromatic carbocycles. The lowest BCUT2D eigenvalue weighted by molar-refractivity contribution is 0.554. The number of nitrogens with two attached hydrogens (primary N) is 1. The molecule has 100 valence electrons. The van der Waals surface area contributed by atoms with Gasteiger partial charge < -0.3 is 5.73 Å². The number of aromatic nitrogens is 1. The summed E-state index contributed by atoms with van der Waals surface area (Å²) < 4.78 is 0.912. The highest BCUT2D eigenvalue weighted by molar-refractivity contribution is 9.10. The van der Waals surface area contributed by atoms with Gasteiger partial charge in [-0.15, -0.1) is 11.3 Å². The fourth-order valence-electron chi connectivity index (χ4n) is 2.49. The lowest BCUT2D eigenvalue weighted by Crippen LogP contribution is -2.17. The lowest BCUT2D eigenvalue weighted by Gasteiger charge is -2.18. The maximum Gasteiger partial charge on any atom is 0.123 e. The van der Waals surface area contributed by atoms with Crippen molar-refractivity contribution in [2.75, 3.05) is 6.54 Å². The summed E-state index contributed by atoms with van der Waals surface area (Å²) in [5, 5.41) is 1.80. The summed E-state index contributed by atoms with van der Waals surface area (Å²) in [5.74, 6) is 0.435. The number of aryl methyl sites for hydroxylation is 1. The first-order valence-electron chi connectivity index (χ1n) is 6.34. The molecule has 0 bridgehead atoms. The monoisotopic (exact) mass is 356 g/mol. The van der Waals surface area contributed by atoms with Gasteiger partial charge in [-0.25, -0.2) is 4.98 Å². The zero-order valence-corrected chi connectivity index (χ0v) is 13.5. The van der Waals surface area contributed by atoms with E-state index in [1.165, 1.54) is 17.0 Å². The Hall–Kier alpha value is -0.420. The molecular weight excluding hydrogens is 344 g/mol. The van der Waals surface area contributed by atoms with Crippen LogP contribution in [0.4, 0.5) is 0 Å². The smallest absolute Gasteiger partial charge is 0.123 e. The molecule has 3 rings (SSSR count). The molecule has 0 aliphatic heterocycles. The Balaban J connectivity index is 2.02. The van der Waals surface area contributed by atoms with Gasteiger partial charge in [-0.3, -0.25) is 0 Å². The molecule has 0 amide bonds. The van der Waals surface area contributed by atoms with E-state index in [2.05, 4.69) is 15.9 Å². The average Bonchev–Trinajstić information content (AvgIpc) is 2.85. The van der Waals surface area contributed by atoms with E-state index < -0.39 is 0 Å². The molecule has 0 radical (unpaired) electrons. The van der Waals surface area contributed by atoms with Crippen LogP contribution in [-0.2, 0) is 6.42 Å². The third-order valence-corrected chi connectivity index (χ3v) is 5.92. The van der Waals surface area contributed by atoms with E-state index in [1.807, 2.05) is 18.2 Å². The van der Waals surface area contributed by atoms with Gasteiger partial charge in [0.15, 0.2) is 0 Å². The van der Waals surface area contributed by atoms with Gasteiger partial charge >= 0.3 is 0 Å². The highest BCUT2D eigenvalue weighted by Gasteiger charge is 2.24. The fourth-order valence-corrected chi connectivity index (χ4v) is 4.17. The summed E-state index contributed by atoms with van der Waals surface area (Å²) >= 11 is 11.3. The van der Waals surface area contributed by atoms with Crippen LogP contribution in [0.3, 0.4) is 0 Å². The van der Waals surface area contributed by atoms with Gasteiger partial charge in [0.2, 0.25) is 0 Å². The molecule has 19 heavy (non-hydrogen) atoms. The highest BCUT2D eigenvalue weighted by Crippen LogP contribution is 2.38. The quantitative estimate of drug-likeness (QED) is 0.852. The number of hydrogen-bond acceptors (Lipinski definition) is 3. The van der Waals surface area contributed by atoms with Crippen molar-refractivity contribution >= 4 is 38.9 Å². The number of fused-ring (bicyclic) bond motifs is 1. The molecule has 1 heterocycles. The Morgan fingerprint density at radius 3 is 3.05 bits per heavy atom. The van der Waals surface area contributed by atoms with Gasteiger partial charge in [-0.05, 0) is 47.3 Å². The first kappa shape index (κ1) is 13.6. The molecule has 0 saturated carbocycles. The number of hydrogen-bond donors (Lipinski definition) is 1. The third-order valence-electron chi connectivity index (χ3n) is 3.52. The van der Waals surface area contributed by atoms with E-state index in [0.29, 0.717) is 12.5 Å². The van der Waals surface area contributed by atoms with Gasteiger partial charge in [0.25, 0.3) is 0 Å². The number of rotatable bonds is 2. The van der Waals surface area contributed by atoms with Crippen molar-refractivity contribution in [3.8, 4) is 10.6 Å². The highest BCUT2D eigenvalue weighted by atomic mass is 79.9. The van der Waals surface area contributed by atoms with E-state index in [9.17, 15) is 0 Å². The van der Waals surface area contributed by atoms with Crippen LogP contribution in [0, 0.1) is 0 Å². The average molecular weight is 358 g/mol.